The van der Waals surface area contributed by atoms with Crippen LogP contribution in [0.15, 0.2) is 47.4 Å². The summed E-state index contributed by atoms with van der Waals surface area (Å²) in [6, 6.07) is 12.8. The molecule has 5 heteroatoms. The van der Waals surface area contributed by atoms with Crippen LogP contribution in [0, 0.1) is 0 Å². The highest BCUT2D eigenvalue weighted by Crippen LogP contribution is 2.23. The predicted octanol–water partition coefficient (Wildman–Crippen LogP) is 2.65. The van der Waals surface area contributed by atoms with Gasteiger partial charge in [-0.15, -0.1) is 0 Å². The number of anilines is 1. The van der Waals surface area contributed by atoms with E-state index in [0.29, 0.717) is 10.6 Å². The van der Waals surface area contributed by atoms with Crippen molar-refractivity contribution in [3.8, 4) is 0 Å². The molecule has 0 aliphatic carbocycles. The van der Waals surface area contributed by atoms with Gasteiger partial charge in [-0.25, -0.2) is 8.42 Å². The van der Waals surface area contributed by atoms with Crippen molar-refractivity contribution in [2.75, 3.05) is 4.72 Å². The highest BCUT2D eigenvalue weighted by Gasteiger charge is 2.19. The SMILES string of the molecule is CCc1ccccc1NS(=O)(=O)c1ccc2c(c1)CNC2. The van der Waals surface area contributed by atoms with Crippen molar-refractivity contribution in [2.45, 2.75) is 31.3 Å². The molecule has 0 spiro atoms. The van der Waals surface area contributed by atoms with E-state index < -0.39 is 10.0 Å². The molecule has 1 heterocycles. The van der Waals surface area contributed by atoms with E-state index in [1.807, 2.05) is 31.2 Å². The zero-order valence-electron chi connectivity index (χ0n) is 11.9. The molecule has 110 valence electrons. The predicted molar refractivity (Wildman–Crippen MR) is 83.6 cm³/mol. The highest BCUT2D eigenvalue weighted by atomic mass is 32.2. The van der Waals surface area contributed by atoms with Crippen LogP contribution in [0.5, 0.6) is 0 Å². The lowest BCUT2D eigenvalue weighted by atomic mass is 10.1. The quantitative estimate of drug-likeness (QED) is 0.913. The largest absolute Gasteiger partial charge is 0.309 e. The van der Waals surface area contributed by atoms with Crippen LogP contribution < -0.4 is 10.0 Å². The van der Waals surface area contributed by atoms with E-state index in [1.165, 1.54) is 5.56 Å². The second-order valence-electron chi connectivity index (χ2n) is 5.15. The molecule has 0 saturated carbocycles. The lowest BCUT2D eigenvalue weighted by Crippen LogP contribution is -2.14. The first-order chi connectivity index (χ1) is 10.1. The van der Waals surface area contributed by atoms with Crippen LogP contribution in [0.25, 0.3) is 0 Å². The van der Waals surface area contributed by atoms with Gasteiger partial charge in [0, 0.05) is 13.1 Å². The third-order valence-corrected chi connectivity index (χ3v) is 5.12. The van der Waals surface area contributed by atoms with Gasteiger partial charge in [0.1, 0.15) is 0 Å². The van der Waals surface area contributed by atoms with Crippen molar-refractivity contribution >= 4 is 15.7 Å². The Morgan fingerprint density at radius 1 is 1.10 bits per heavy atom. The lowest BCUT2D eigenvalue weighted by molar-refractivity contribution is 0.601. The van der Waals surface area contributed by atoms with Crippen LogP contribution in [-0.4, -0.2) is 8.42 Å². The number of rotatable bonds is 4. The van der Waals surface area contributed by atoms with Crippen LogP contribution in [0.2, 0.25) is 0 Å². The molecule has 0 radical (unpaired) electrons. The first-order valence-electron chi connectivity index (χ1n) is 7.03. The van der Waals surface area contributed by atoms with Gasteiger partial charge in [0.2, 0.25) is 0 Å². The van der Waals surface area contributed by atoms with E-state index in [-0.39, 0.29) is 0 Å². The molecular formula is C16H18N2O2S. The minimum atomic E-state index is -3.55. The van der Waals surface area contributed by atoms with Crippen LogP contribution in [-0.2, 0) is 29.5 Å². The molecule has 0 amide bonds. The number of sulfonamides is 1. The van der Waals surface area contributed by atoms with Gasteiger partial charge < -0.3 is 5.32 Å². The van der Waals surface area contributed by atoms with Crippen molar-refractivity contribution in [2.24, 2.45) is 0 Å². The fraction of sp³-hybridized carbons (Fsp3) is 0.250. The van der Waals surface area contributed by atoms with E-state index in [1.54, 1.807) is 18.2 Å². The summed E-state index contributed by atoms with van der Waals surface area (Å²) in [4.78, 5) is 0.316. The molecule has 1 aliphatic heterocycles. The highest BCUT2D eigenvalue weighted by molar-refractivity contribution is 7.92. The molecule has 0 unspecified atom stereocenters. The Labute approximate surface area is 125 Å². The molecule has 1 aliphatic rings. The number of para-hydroxylation sites is 1. The van der Waals surface area contributed by atoms with Crippen molar-refractivity contribution in [3.05, 3.63) is 59.2 Å². The van der Waals surface area contributed by atoms with Crippen molar-refractivity contribution in [3.63, 3.8) is 0 Å². The average Bonchev–Trinajstić information content (AvgIpc) is 2.95. The Bertz CT molecular complexity index is 770. The first-order valence-corrected chi connectivity index (χ1v) is 8.52. The first kappa shape index (κ1) is 14.1. The molecule has 2 N–H and O–H groups in total. The van der Waals surface area contributed by atoms with Gasteiger partial charge in [-0.1, -0.05) is 31.2 Å². The van der Waals surface area contributed by atoms with Gasteiger partial charge in [-0.2, -0.15) is 0 Å². The van der Waals surface area contributed by atoms with E-state index in [0.717, 1.165) is 30.6 Å². The molecule has 0 fully saturated rings. The van der Waals surface area contributed by atoms with E-state index >= 15 is 0 Å². The number of fused-ring (bicyclic) bond motifs is 1. The van der Waals surface area contributed by atoms with Gasteiger partial charge in [0.05, 0.1) is 10.6 Å². The van der Waals surface area contributed by atoms with E-state index in [2.05, 4.69) is 10.0 Å². The summed E-state index contributed by atoms with van der Waals surface area (Å²) in [6.07, 6.45) is 0.785. The fourth-order valence-electron chi connectivity index (χ4n) is 2.57. The zero-order chi connectivity index (χ0) is 14.9. The van der Waals surface area contributed by atoms with E-state index in [9.17, 15) is 8.42 Å². The van der Waals surface area contributed by atoms with Crippen LogP contribution >= 0.6 is 0 Å². The lowest BCUT2D eigenvalue weighted by Gasteiger charge is -2.12. The monoisotopic (exact) mass is 302 g/mol. The molecule has 21 heavy (non-hydrogen) atoms. The Morgan fingerprint density at radius 3 is 2.67 bits per heavy atom. The Hall–Kier alpha value is -1.85. The number of hydrogen-bond donors (Lipinski definition) is 2. The van der Waals surface area contributed by atoms with Gasteiger partial charge in [0.15, 0.2) is 0 Å². The van der Waals surface area contributed by atoms with Crippen molar-refractivity contribution in [1.82, 2.24) is 5.32 Å². The molecule has 3 rings (SSSR count). The Morgan fingerprint density at radius 2 is 1.86 bits per heavy atom. The summed E-state index contributed by atoms with van der Waals surface area (Å²) in [5.41, 5.74) is 3.87. The van der Waals surface area contributed by atoms with Crippen LogP contribution in [0.1, 0.15) is 23.6 Å². The maximum atomic E-state index is 12.5. The van der Waals surface area contributed by atoms with Crippen molar-refractivity contribution < 1.29 is 8.42 Å². The Kier molecular flexibility index (Phi) is 3.69. The standard InChI is InChI=1S/C16H18N2O2S/c1-2-12-5-3-4-6-16(12)18-21(19,20)15-8-7-13-10-17-11-14(13)9-15/h3-9,17-18H,2,10-11H2,1H3. The number of nitrogens with one attached hydrogen (secondary N) is 2. The molecule has 2 aromatic carbocycles. The van der Waals surface area contributed by atoms with Gasteiger partial charge in [0.25, 0.3) is 10.0 Å². The van der Waals surface area contributed by atoms with Gasteiger partial charge >= 0.3 is 0 Å². The molecular weight excluding hydrogens is 284 g/mol. The molecule has 0 bridgehead atoms. The third kappa shape index (κ3) is 2.80. The second-order valence-corrected chi connectivity index (χ2v) is 6.83. The molecule has 0 atom stereocenters. The maximum Gasteiger partial charge on any atom is 0.261 e. The van der Waals surface area contributed by atoms with Gasteiger partial charge in [-0.05, 0) is 41.3 Å². The molecule has 2 aromatic rings. The number of hydrogen-bond acceptors (Lipinski definition) is 3. The summed E-state index contributed by atoms with van der Waals surface area (Å²) in [5, 5.41) is 3.22. The normalized spacial score (nSPS) is 14.0. The minimum Gasteiger partial charge on any atom is -0.309 e. The summed E-state index contributed by atoms with van der Waals surface area (Å²) in [5.74, 6) is 0. The van der Waals surface area contributed by atoms with Crippen LogP contribution in [0.3, 0.4) is 0 Å². The zero-order valence-corrected chi connectivity index (χ0v) is 12.7. The maximum absolute atomic E-state index is 12.5. The van der Waals surface area contributed by atoms with Gasteiger partial charge in [-0.3, -0.25) is 4.72 Å². The van der Waals surface area contributed by atoms with Crippen molar-refractivity contribution in [1.29, 1.82) is 0 Å². The third-order valence-electron chi connectivity index (χ3n) is 3.76. The summed E-state index contributed by atoms with van der Waals surface area (Å²) in [7, 11) is -3.55. The van der Waals surface area contributed by atoms with E-state index in [4.69, 9.17) is 0 Å². The molecule has 0 aromatic heterocycles. The topological polar surface area (TPSA) is 58.2 Å². The molecule has 0 saturated heterocycles. The Balaban J connectivity index is 1.94. The summed E-state index contributed by atoms with van der Waals surface area (Å²) < 4.78 is 27.8. The fourth-order valence-corrected chi connectivity index (χ4v) is 3.72. The summed E-state index contributed by atoms with van der Waals surface area (Å²) in [6.45, 7) is 3.54. The smallest absolute Gasteiger partial charge is 0.261 e. The minimum absolute atomic E-state index is 0.316. The van der Waals surface area contributed by atoms with Crippen LogP contribution in [0.4, 0.5) is 5.69 Å². The summed E-state index contributed by atoms with van der Waals surface area (Å²) >= 11 is 0. The second kappa shape index (κ2) is 5.50. The molecule has 4 nitrogen and oxygen atoms in total. The number of aryl methyl sites for hydroxylation is 1. The average molecular weight is 302 g/mol. The number of benzene rings is 2.